The summed E-state index contributed by atoms with van der Waals surface area (Å²) in [5, 5.41) is 2.90. The molecule has 1 rings (SSSR count). The van der Waals surface area contributed by atoms with Crippen molar-refractivity contribution in [2.24, 2.45) is 5.92 Å². The quantitative estimate of drug-likeness (QED) is 0.759. The largest absolute Gasteiger partial charge is 0.352 e. The van der Waals surface area contributed by atoms with Crippen molar-refractivity contribution in [1.82, 2.24) is 5.32 Å². The van der Waals surface area contributed by atoms with Crippen LogP contribution in [0.5, 0.6) is 0 Å². The molecule has 1 amide bonds. The van der Waals surface area contributed by atoms with Gasteiger partial charge in [0.15, 0.2) is 0 Å². The molecular weight excluding hydrogens is 369 g/mol. The lowest BCUT2D eigenvalue weighted by Crippen LogP contribution is -2.28. The molecule has 1 aromatic carbocycles. The molecule has 0 saturated heterocycles. The van der Waals surface area contributed by atoms with Crippen LogP contribution in [0, 0.1) is 5.92 Å². The van der Waals surface area contributed by atoms with Crippen molar-refractivity contribution >= 4 is 49.4 Å². The fourth-order valence-electron chi connectivity index (χ4n) is 1.32. The van der Waals surface area contributed by atoms with E-state index in [1.54, 1.807) is 6.07 Å². The second kappa shape index (κ2) is 7.39. The Kier molecular flexibility index (Phi) is 6.52. The van der Waals surface area contributed by atoms with Crippen molar-refractivity contribution in [3.63, 3.8) is 0 Å². The molecule has 17 heavy (non-hydrogen) atoms. The van der Waals surface area contributed by atoms with E-state index in [-0.39, 0.29) is 5.91 Å². The molecule has 94 valence electrons. The van der Waals surface area contributed by atoms with Crippen LogP contribution in [0.25, 0.3) is 0 Å². The fraction of sp³-hybridized carbons (Fsp3) is 0.417. The molecule has 0 heterocycles. The van der Waals surface area contributed by atoms with E-state index in [1.807, 2.05) is 12.1 Å². The lowest BCUT2D eigenvalue weighted by atomic mass is 10.1. The number of carbonyl (C=O) groups excluding carboxylic acids is 1. The average molecular weight is 384 g/mol. The molecule has 5 heteroatoms. The highest BCUT2D eigenvalue weighted by Gasteiger charge is 2.11. The Morgan fingerprint density at radius 3 is 2.76 bits per heavy atom. The molecule has 0 aliphatic heterocycles. The summed E-state index contributed by atoms with van der Waals surface area (Å²) in [5.74, 6) is 0.954. The number of halogens is 3. The summed E-state index contributed by atoms with van der Waals surface area (Å²) in [6.07, 6.45) is 0.906. The normalized spacial score (nSPS) is 12.2. The molecule has 1 unspecified atom stereocenters. The Hall–Kier alpha value is -0.0600. The molecule has 1 aromatic rings. The molecule has 0 aliphatic rings. The van der Waals surface area contributed by atoms with Crippen molar-refractivity contribution in [2.45, 2.75) is 13.3 Å². The first-order chi connectivity index (χ1) is 8.04. The van der Waals surface area contributed by atoms with Crippen molar-refractivity contribution in [3.8, 4) is 0 Å². The minimum atomic E-state index is -0.0641. The first kappa shape index (κ1) is 15.0. The van der Waals surface area contributed by atoms with Gasteiger partial charge in [0, 0.05) is 21.4 Å². The summed E-state index contributed by atoms with van der Waals surface area (Å²) < 4.78 is 1.73. The zero-order valence-electron chi connectivity index (χ0n) is 9.47. The van der Waals surface area contributed by atoms with Crippen LogP contribution in [0.2, 0.25) is 0 Å². The van der Waals surface area contributed by atoms with Gasteiger partial charge in [-0.05, 0) is 46.5 Å². The number of rotatable bonds is 5. The Morgan fingerprint density at radius 1 is 1.47 bits per heavy atom. The third kappa shape index (κ3) is 4.98. The summed E-state index contributed by atoms with van der Waals surface area (Å²) in [7, 11) is 0. The summed E-state index contributed by atoms with van der Waals surface area (Å²) >= 11 is 12.4. The van der Waals surface area contributed by atoms with E-state index in [9.17, 15) is 4.79 Å². The van der Waals surface area contributed by atoms with Gasteiger partial charge in [0.1, 0.15) is 0 Å². The summed E-state index contributed by atoms with van der Waals surface area (Å²) in [4.78, 5) is 11.9. The zero-order valence-corrected chi connectivity index (χ0v) is 13.4. The van der Waals surface area contributed by atoms with E-state index in [1.165, 1.54) is 0 Å². The molecule has 1 N–H and O–H groups in total. The zero-order chi connectivity index (χ0) is 12.8. The molecule has 2 nitrogen and oxygen atoms in total. The monoisotopic (exact) mass is 381 g/mol. The average Bonchev–Trinajstić information content (AvgIpc) is 2.26. The Labute approximate surface area is 123 Å². The number of benzene rings is 1. The summed E-state index contributed by atoms with van der Waals surface area (Å²) in [6.45, 7) is 2.72. The van der Waals surface area contributed by atoms with E-state index in [0.717, 1.165) is 15.4 Å². The minimum Gasteiger partial charge on any atom is -0.352 e. The highest BCUT2D eigenvalue weighted by Crippen LogP contribution is 2.21. The Bertz CT molecular complexity index is 398. The van der Waals surface area contributed by atoms with Gasteiger partial charge < -0.3 is 5.32 Å². The first-order valence-electron chi connectivity index (χ1n) is 5.33. The molecule has 0 spiro atoms. The van der Waals surface area contributed by atoms with E-state index in [4.69, 9.17) is 11.6 Å². The van der Waals surface area contributed by atoms with E-state index in [0.29, 0.717) is 23.9 Å². The molecule has 0 radical (unpaired) electrons. The maximum absolute atomic E-state index is 11.9. The number of nitrogens with one attached hydrogen (secondary N) is 1. The molecule has 0 fully saturated rings. The lowest BCUT2D eigenvalue weighted by molar-refractivity contribution is 0.0947. The third-order valence-electron chi connectivity index (χ3n) is 2.39. The number of hydrogen-bond acceptors (Lipinski definition) is 1. The Morgan fingerprint density at radius 2 is 2.18 bits per heavy atom. The second-order valence-electron chi connectivity index (χ2n) is 3.92. The van der Waals surface area contributed by atoms with Crippen LogP contribution in [0.3, 0.4) is 0 Å². The van der Waals surface area contributed by atoms with Crippen molar-refractivity contribution in [2.75, 3.05) is 12.4 Å². The topological polar surface area (TPSA) is 29.1 Å². The van der Waals surface area contributed by atoms with Gasteiger partial charge in [0.05, 0.1) is 5.56 Å². The van der Waals surface area contributed by atoms with Crippen LogP contribution in [0.1, 0.15) is 23.7 Å². The van der Waals surface area contributed by atoms with Gasteiger partial charge in [0.25, 0.3) is 5.91 Å². The van der Waals surface area contributed by atoms with Gasteiger partial charge in [0.2, 0.25) is 0 Å². The summed E-state index contributed by atoms with van der Waals surface area (Å²) in [5.41, 5.74) is 0.645. The smallest absolute Gasteiger partial charge is 0.252 e. The standard InChI is InChI=1S/C12H14Br2ClNO/c1-8(4-5-15)7-16-12(17)10-3-2-9(13)6-11(10)14/h2-3,6,8H,4-5,7H2,1H3,(H,16,17). The maximum Gasteiger partial charge on any atom is 0.252 e. The van der Waals surface area contributed by atoms with E-state index in [2.05, 4.69) is 44.1 Å². The molecule has 0 saturated carbocycles. The maximum atomic E-state index is 11.9. The summed E-state index contributed by atoms with van der Waals surface area (Å²) in [6, 6.07) is 5.49. The van der Waals surface area contributed by atoms with Crippen molar-refractivity contribution in [3.05, 3.63) is 32.7 Å². The SMILES string of the molecule is CC(CCCl)CNC(=O)c1ccc(Br)cc1Br. The van der Waals surface area contributed by atoms with Gasteiger partial charge in [-0.25, -0.2) is 0 Å². The molecule has 0 aromatic heterocycles. The highest BCUT2D eigenvalue weighted by atomic mass is 79.9. The van der Waals surface area contributed by atoms with Crippen LogP contribution >= 0.6 is 43.5 Å². The lowest BCUT2D eigenvalue weighted by Gasteiger charge is -2.11. The van der Waals surface area contributed by atoms with Crippen LogP contribution in [0.15, 0.2) is 27.1 Å². The van der Waals surface area contributed by atoms with Crippen LogP contribution in [-0.4, -0.2) is 18.3 Å². The molecular formula is C12H14Br2ClNO. The number of carbonyl (C=O) groups is 1. The van der Waals surface area contributed by atoms with Crippen molar-refractivity contribution < 1.29 is 4.79 Å². The molecule has 0 aliphatic carbocycles. The van der Waals surface area contributed by atoms with Crippen LogP contribution in [-0.2, 0) is 0 Å². The molecule has 0 bridgehead atoms. The van der Waals surface area contributed by atoms with Gasteiger partial charge in [-0.15, -0.1) is 11.6 Å². The van der Waals surface area contributed by atoms with Gasteiger partial charge in [-0.3, -0.25) is 4.79 Å². The van der Waals surface area contributed by atoms with Gasteiger partial charge in [-0.1, -0.05) is 22.9 Å². The second-order valence-corrected chi connectivity index (χ2v) is 6.06. The van der Waals surface area contributed by atoms with E-state index >= 15 is 0 Å². The predicted octanol–water partition coefficient (Wildman–Crippen LogP) is 4.21. The predicted molar refractivity (Wildman–Crippen MR) is 78.7 cm³/mol. The van der Waals surface area contributed by atoms with Crippen LogP contribution < -0.4 is 5.32 Å². The van der Waals surface area contributed by atoms with E-state index < -0.39 is 0 Å². The number of amides is 1. The van der Waals surface area contributed by atoms with Crippen LogP contribution in [0.4, 0.5) is 0 Å². The fourth-order valence-corrected chi connectivity index (χ4v) is 2.92. The van der Waals surface area contributed by atoms with Crippen molar-refractivity contribution in [1.29, 1.82) is 0 Å². The molecule has 1 atom stereocenters. The van der Waals surface area contributed by atoms with Gasteiger partial charge >= 0.3 is 0 Å². The number of hydrogen-bond donors (Lipinski definition) is 1. The Balaban J connectivity index is 2.58. The minimum absolute atomic E-state index is 0.0641. The third-order valence-corrected chi connectivity index (χ3v) is 3.76. The highest BCUT2D eigenvalue weighted by molar-refractivity contribution is 9.11. The first-order valence-corrected chi connectivity index (χ1v) is 7.46. The van der Waals surface area contributed by atoms with Gasteiger partial charge in [-0.2, -0.15) is 0 Å². The number of alkyl halides is 1.